The van der Waals surface area contributed by atoms with E-state index in [2.05, 4.69) is 10.1 Å². The number of fused-ring (bicyclic) bond motifs is 1. The first-order valence-corrected chi connectivity index (χ1v) is 9.12. The van der Waals surface area contributed by atoms with Gasteiger partial charge in [-0.2, -0.15) is 0 Å². The number of thiazole rings is 1. The Morgan fingerprint density at radius 2 is 2.00 bits per heavy atom. The lowest BCUT2D eigenvalue weighted by molar-refractivity contribution is -0.140. The summed E-state index contributed by atoms with van der Waals surface area (Å²) >= 11 is 2.85. The van der Waals surface area contributed by atoms with Crippen molar-refractivity contribution < 1.29 is 14.4 Å². The fourth-order valence-corrected chi connectivity index (χ4v) is 3.81. The number of benzene rings is 2. The van der Waals surface area contributed by atoms with Gasteiger partial charge in [-0.05, 0) is 36.4 Å². The fraction of sp³-hybridized carbons (Fsp3) is 0.118. The first-order chi connectivity index (χ1) is 12.2. The van der Waals surface area contributed by atoms with E-state index in [-0.39, 0.29) is 11.6 Å². The van der Waals surface area contributed by atoms with E-state index in [1.807, 2.05) is 24.3 Å². The quantitative estimate of drug-likeness (QED) is 0.235. The number of oxime groups is 1. The Labute approximate surface area is 152 Å². The van der Waals surface area contributed by atoms with E-state index in [1.54, 1.807) is 31.4 Å². The molecule has 3 aromatic rings. The van der Waals surface area contributed by atoms with Crippen LogP contribution in [-0.4, -0.2) is 29.7 Å². The number of nitrogens with zero attached hydrogens (tertiary/aromatic N) is 2. The maximum Gasteiger partial charge on any atom is 0.345 e. The van der Waals surface area contributed by atoms with Crippen LogP contribution in [0.2, 0.25) is 0 Å². The zero-order valence-corrected chi connectivity index (χ0v) is 15.0. The average Bonchev–Trinajstić information content (AvgIpc) is 3.07. The number of para-hydroxylation sites is 1. The molecule has 1 aromatic heterocycles. The summed E-state index contributed by atoms with van der Waals surface area (Å²) in [5.74, 6) is 0.460. The number of hydrogen-bond donors (Lipinski definition) is 1. The second-order valence-corrected chi connectivity index (χ2v) is 7.16. The van der Waals surface area contributed by atoms with Crippen LogP contribution in [0.5, 0.6) is 5.75 Å². The van der Waals surface area contributed by atoms with Gasteiger partial charge in [0.25, 0.3) is 0 Å². The lowest BCUT2D eigenvalue weighted by Crippen LogP contribution is -2.15. The van der Waals surface area contributed by atoms with Crippen molar-refractivity contribution in [2.45, 2.75) is 4.34 Å². The van der Waals surface area contributed by atoms with Crippen LogP contribution in [0.4, 0.5) is 0 Å². The van der Waals surface area contributed by atoms with Crippen LogP contribution in [-0.2, 0) is 9.63 Å². The van der Waals surface area contributed by atoms with Crippen LogP contribution in [0, 0.1) is 0 Å². The molecule has 0 unspecified atom stereocenters. The molecule has 0 atom stereocenters. The van der Waals surface area contributed by atoms with Crippen molar-refractivity contribution >= 4 is 45.1 Å². The minimum atomic E-state index is -0.485. The van der Waals surface area contributed by atoms with Crippen molar-refractivity contribution in [3.05, 3.63) is 54.1 Å². The topological polar surface area (TPSA) is 86.8 Å². The third-order valence-electron chi connectivity index (χ3n) is 3.22. The van der Waals surface area contributed by atoms with Gasteiger partial charge in [-0.25, -0.2) is 9.78 Å². The Kier molecular flexibility index (Phi) is 5.52. The van der Waals surface area contributed by atoms with E-state index >= 15 is 0 Å². The van der Waals surface area contributed by atoms with Crippen LogP contribution >= 0.6 is 23.1 Å². The van der Waals surface area contributed by atoms with Crippen LogP contribution in [0.15, 0.2) is 58.0 Å². The van der Waals surface area contributed by atoms with Crippen LogP contribution in [0.3, 0.4) is 0 Å². The van der Waals surface area contributed by atoms with Gasteiger partial charge in [0.2, 0.25) is 0 Å². The predicted molar refractivity (Wildman–Crippen MR) is 100 cm³/mol. The molecule has 6 nitrogen and oxygen atoms in total. The molecule has 0 aliphatic carbocycles. The SMILES string of the molecule is COc1ccc(/C(N)=N/OC(=O)CSc2nc3ccccc3s2)cc1. The van der Waals surface area contributed by atoms with Gasteiger partial charge in [0, 0.05) is 5.56 Å². The Bertz CT molecular complexity index is 874. The third-order valence-corrected chi connectivity index (χ3v) is 5.37. The number of methoxy groups -OCH3 is 1. The number of aromatic nitrogens is 1. The summed E-state index contributed by atoms with van der Waals surface area (Å²) in [6, 6.07) is 14.8. The van der Waals surface area contributed by atoms with E-state index in [1.165, 1.54) is 23.1 Å². The summed E-state index contributed by atoms with van der Waals surface area (Å²) in [5, 5.41) is 3.68. The van der Waals surface area contributed by atoms with E-state index in [0.29, 0.717) is 11.3 Å². The Balaban J connectivity index is 1.54. The number of nitrogens with two attached hydrogens (primary N) is 1. The molecule has 0 amide bonds. The van der Waals surface area contributed by atoms with Crippen molar-refractivity contribution in [3.8, 4) is 5.75 Å². The molecule has 0 saturated carbocycles. The van der Waals surface area contributed by atoms with Gasteiger partial charge < -0.3 is 15.3 Å². The number of carbonyl (C=O) groups excluding carboxylic acids is 1. The smallest absolute Gasteiger partial charge is 0.345 e. The summed E-state index contributed by atoms with van der Waals surface area (Å²) in [6.07, 6.45) is 0. The van der Waals surface area contributed by atoms with E-state index in [0.717, 1.165) is 14.6 Å². The van der Waals surface area contributed by atoms with Gasteiger partial charge in [0.1, 0.15) is 11.5 Å². The Hall–Kier alpha value is -2.58. The van der Waals surface area contributed by atoms with Crippen LogP contribution < -0.4 is 10.5 Å². The molecule has 128 valence electrons. The monoisotopic (exact) mass is 373 g/mol. The summed E-state index contributed by atoms with van der Waals surface area (Å²) in [7, 11) is 1.58. The number of amidine groups is 1. The Morgan fingerprint density at radius 3 is 2.72 bits per heavy atom. The van der Waals surface area contributed by atoms with Crippen LogP contribution in [0.25, 0.3) is 10.2 Å². The lowest BCUT2D eigenvalue weighted by Gasteiger charge is -2.02. The molecule has 0 aliphatic rings. The summed E-state index contributed by atoms with van der Waals surface area (Å²) < 4.78 is 6.96. The first kappa shape index (κ1) is 17.2. The van der Waals surface area contributed by atoms with Gasteiger partial charge in [-0.15, -0.1) is 11.3 Å². The predicted octanol–water partition coefficient (Wildman–Crippen LogP) is 3.26. The molecule has 0 aliphatic heterocycles. The molecule has 0 bridgehead atoms. The maximum absolute atomic E-state index is 11.8. The molecule has 2 N–H and O–H groups in total. The van der Waals surface area contributed by atoms with Gasteiger partial charge in [0.05, 0.1) is 17.3 Å². The highest BCUT2D eigenvalue weighted by Gasteiger charge is 2.09. The molecule has 0 saturated heterocycles. The second-order valence-electron chi connectivity index (χ2n) is 4.90. The molecular weight excluding hydrogens is 358 g/mol. The number of thioether (sulfide) groups is 1. The minimum absolute atomic E-state index is 0.110. The third kappa shape index (κ3) is 4.49. The van der Waals surface area contributed by atoms with Gasteiger partial charge in [0.15, 0.2) is 10.2 Å². The molecule has 3 rings (SSSR count). The standard InChI is InChI=1S/C17H15N3O3S2/c1-22-12-8-6-11(7-9-12)16(18)20-23-15(21)10-24-17-19-13-4-2-3-5-14(13)25-17/h2-9H,10H2,1H3,(H2,18,20). The summed E-state index contributed by atoms with van der Waals surface area (Å²) in [4.78, 5) is 21.1. The minimum Gasteiger partial charge on any atom is -0.497 e. The van der Waals surface area contributed by atoms with Crippen molar-refractivity contribution in [1.82, 2.24) is 4.98 Å². The number of rotatable bonds is 6. The second kappa shape index (κ2) is 8.00. The number of hydrogen-bond acceptors (Lipinski definition) is 7. The molecule has 25 heavy (non-hydrogen) atoms. The van der Waals surface area contributed by atoms with Crippen molar-refractivity contribution in [2.24, 2.45) is 10.9 Å². The Morgan fingerprint density at radius 1 is 1.24 bits per heavy atom. The average molecular weight is 373 g/mol. The van der Waals surface area contributed by atoms with Gasteiger partial charge in [-0.1, -0.05) is 29.1 Å². The highest BCUT2D eigenvalue weighted by molar-refractivity contribution is 8.01. The summed E-state index contributed by atoms with van der Waals surface area (Å²) in [5.41, 5.74) is 7.38. The number of carbonyl (C=O) groups is 1. The lowest BCUT2D eigenvalue weighted by atomic mass is 10.2. The molecule has 0 radical (unpaired) electrons. The van der Waals surface area contributed by atoms with Gasteiger partial charge >= 0.3 is 5.97 Å². The fourth-order valence-electron chi connectivity index (χ4n) is 1.97. The molecule has 0 spiro atoms. The maximum atomic E-state index is 11.8. The van der Waals surface area contributed by atoms with Crippen LogP contribution in [0.1, 0.15) is 5.56 Å². The highest BCUT2D eigenvalue weighted by atomic mass is 32.2. The molecule has 0 fully saturated rings. The molecule has 8 heteroatoms. The zero-order valence-electron chi connectivity index (χ0n) is 13.3. The van der Waals surface area contributed by atoms with E-state index < -0.39 is 5.97 Å². The van der Waals surface area contributed by atoms with Crippen molar-refractivity contribution in [2.75, 3.05) is 12.9 Å². The number of ether oxygens (including phenoxy) is 1. The molecule has 1 heterocycles. The van der Waals surface area contributed by atoms with Gasteiger partial charge in [-0.3, -0.25) is 0 Å². The zero-order chi connectivity index (χ0) is 17.6. The largest absolute Gasteiger partial charge is 0.497 e. The molecular formula is C17H15N3O3S2. The summed E-state index contributed by atoms with van der Waals surface area (Å²) in [6.45, 7) is 0. The van der Waals surface area contributed by atoms with Crippen molar-refractivity contribution in [1.29, 1.82) is 0 Å². The van der Waals surface area contributed by atoms with E-state index in [4.69, 9.17) is 15.3 Å². The van der Waals surface area contributed by atoms with Crippen molar-refractivity contribution in [3.63, 3.8) is 0 Å². The highest BCUT2D eigenvalue weighted by Crippen LogP contribution is 2.29. The first-order valence-electron chi connectivity index (χ1n) is 7.32. The normalized spacial score (nSPS) is 11.5. The molecule has 2 aromatic carbocycles. The van der Waals surface area contributed by atoms with E-state index in [9.17, 15) is 4.79 Å².